The Bertz CT molecular complexity index is 386. The number of nitrogens with two attached hydrogens (primary N) is 1. The van der Waals surface area contributed by atoms with E-state index in [-0.39, 0.29) is 10.8 Å². The van der Waals surface area contributed by atoms with E-state index in [2.05, 4.69) is 43.5 Å². The van der Waals surface area contributed by atoms with Gasteiger partial charge in [-0.2, -0.15) is 11.8 Å². The molecule has 100 valence electrons. The quantitative estimate of drug-likeness (QED) is 0.632. The molecular formula is C15H24N2S. The van der Waals surface area contributed by atoms with Crippen LogP contribution in [0.3, 0.4) is 0 Å². The Hall–Kier alpha value is -0.510. The number of hydrogen-bond donors (Lipinski definition) is 2. The second-order valence-electron chi connectivity index (χ2n) is 5.36. The molecular weight excluding hydrogens is 240 g/mol. The number of thioether (sulfide) groups is 1. The molecule has 1 aromatic rings. The van der Waals surface area contributed by atoms with Crippen molar-refractivity contribution in [2.75, 3.05) is 5.75 Å². The average molecular weight is 264 g/mol. The summed E-state index contributed by atoms with van der Waals surface area (Å²) in [5.74, 6) is 7.08. The molecule has 0 aliphatic carbocycles. The van der Waals surface area contributed by atoms with E-state index >= 15 is 0 Å². The molecule has 0 bridgehead atoms. The minimum absolute atomic E-state index is 0.236. The van der Waals surface area contributed by atoms with E-state index < -0.39 is 0 Å². The Morgan fingerprint density at radius 3 is 2.94 bits per heavy atom. The molecule has 0 aromatic heterocycles. The second kappa shape index (κ2) is 6.09. The fourth-order valence-electron chi connectivity index (χ4n) is 2.87. The molecule has 3 N–H and O–H groups in total. The van der Waals surface area contributed by atoms with Crippen molar-refractivity contribution in [2.24, 2.45) is 5.84 Å². The van der Waals surface area contributed by atoms with Crippen molar-refractivity contribution in [3.05, 3.63) is 35.4 Å². The topological polar surface area (TPSA) is 38.0 Å². The predicted molar refractivity (Wildman–Crippen MR) is 80.6 cm³/mol. The Morgan fingerprint density at radius 2 is 2.33 bits per heavy atom. The van der Waals surface area contributed by atoms with Crippen molar-refractivity contribution in [1.82, 2.24) is 5.43 Å². The number of benzene rings is 1. The average Bonchev–Trinajstić information content (AvgIpc) is 2.79. The van der Waals surface area contributed by atoms with Gasteiger partial charge in [0.15, 0.2) is 0 Å². The van der Waals surface area contributed by atoms with Crippen LogP contribution in [0.1, 0.15) is 50.3 Å². The largest absolute Gasteiger partial charge is 0.271 e. The molecule has 1 aromatic carbocycles. The van der Waals surface area contributed by atoms with Gasteiger partial charge in [0.05, 0.1) is 6.04 Å². The van der Waals surface area contributed by atoms with Crippen molar-refractivity contribution in [1.29, 1.82) is 0 Å². The van der Waals surface area contributed by atoms with E-state index in [4.69, 9.17) is 5.84 Å². The summed E-state index contributed by atoms with van der Waals surface area (Å²) < 4.78 is 0.236. The number of aryl methyl sites for hydroxylation is 1. The van der Waals surface area contributed by atoms with Gasteiger partial charge in [-0.3, -0.25) is 11.3 Å². The summed E-state index contributed by atoms with van der Waals surface area (Å²) in [6.07, 6.45) is 4.88. The highest BCUT2D eigenvalue weighted by Crippen LogP contribution is 2.46. The van der Waals surface area contributed by atoms with Crippen LogP contribution in [0, 0.1) is 0 Å². The van der Waals surface area contributed by atoms with Gasteiger partial charge in [0.2, 0.25) is 0 Å². The molecule has 0 spiro atoms. The second-order valence-corrected chi connectivity index (χ2v) is 6.99. The summed E-state index contributed by atoms with van der Waals surface area (Å²) in [4.78, 5) is 0. The van der Waals surface area contributed by atoms with Gasteiger partial charge >= 0.3 is 0 Å². The fourth-order valence-corrected chi connectivity index (χ4v) is 4.28. The van der Waals surface area contributed by atoms with E-state index in [1.807, 2.05) is 11.8 Å². The normalized spacial score (nSPS) is 25.3. The first-order chi connectivity index (χ1) is 8.69. The Labute approximate surface area is 115 Å². The molecule has 0 radical (unpaired) electrons. The van der Waals surface area contributed by atoms with Gasteiger partial charge in [-0.1, -0.05) is 37.6 Å². The van der Waals surface area contributed by atoms with Crippen LogP contribution < -0.4 is 11.3 Å². The molecule has 1 heterocycles. The van der Waals surface area contributed by atoms with Crippen molar-refractivity contribution in [3.8, 4) is 0 Å². The zero-order valence-electron chi connectivity index (χ0n) is 11.4. The van der Waals surface area contributed by atoms with Gasteiger partial charge in [-0.05, 0) is 43.1 Å². The lowest BCUT2D eigenvalue weighted by Gasteiger charge is -2.33. The van der Waals surface area contributed by atoms with Gasteiger partial charge in [0.25, 0.3) is 0 Å². The Kier molecular flexibility index (Phi) is 4.71. The third-order valence-electron chi connectivity index (χ3n) is 3.85. The number of rotatable bonds is 5. The van der Waals surface area contributed by atoms with Crippen LogP contribution in [-0.2, 0) is 6.42 Å². The maximum Gasteiger partial charge on any atom is 0.0604 e. The maximum absolute atomic E-state index is 5.83. The van der Waals surface area contributed by atoms with Crippen LogP contribution in [0.4, 0.5) is 0 Å². The number of nitrogens with one attached hydrogen (secondary N) is 1. The molecule has 1 aliphatic heterocycles. The van der Waals surface area contributed by atoms with Crippen LogP contribution in [0.15, 0.2) is 24.3 Å². The third kappa shape index (κ3) is 2.90. The monoisotopic (exact) mass is 264 g/mol. The van der Waals surface area contributed by atoms with Crippen molar-refractivity contribution in [3.63, 3.8) is 0 Å². The van der Waals surface area contributed by atoms with Gasteiger partial charge in [0, 0.05) is 4.75 Å². The Morgan fingerprint density at radius 1 is 1.50 bits per heavy atom. The first kappa shape index (κ1) is 13.9. The van der Waals surface area contributed by atoms with Gasteiger partial charge in [-0.25, -0.2) is 0 Å². The molecule has 1 fully saturated rings. The molecule has 1 saturated heterocycles. The summed E-state index contributed by atoms with van der Waals surface area (Å²) in [6, 6.07) is 9.14. The summed E-state index contributed by atoms with van der Waals surface area (Å²) in [5, 5.41) is 0. The first-order valence-corrected chi connectivity index (χ1v) is 7.87. The summed E-state index contributed by atoms with van der Waals surface area (Å²) in [5.41, 5.74) is 5.80. The SMILES string of the molecule is CCCc1cccc(C(NN)C2(C)CCCS2)c1. The maximum atomic E-state index is 5.83. The molecule has 0 amide bonds. The number of hydrazine groups is 1. The van der Waals surface area contributed by atoms with E-state index in [0.29, 0.717) is 0 Å². The lowest BCUT2D eigenvalue weighted by atomic mass is 9.89. The summed E-state index contributed by atoms with van der Waals surface area (Å²) in [6.45, 7) is 4.56. The highest BCUT2D eigenvalue weighted by Gasteiger charge is 2.38. The minimum atomic E-state index is 0.236. The molecule has 1 aliphatic rings. The molecule has 2 unspecified atom stereocenters. The standard InChI is InChI=1S/C15H24N2S/c1-3-6-12-7-4-8-13(11-12)14(17-16)15(2)9-5-10-18-15/h4,7-8,11,14,17H,3,5-6,9-10,16H2,1-2H3. The lowest BCUT2D eigenvalue weighted by molar-refractivity contribution is 0.420. The minimum Gasteiger partial charge on any atom is -0.271 e. The predicted octanol–water partition coefficient (Wildman–Crippen LogP) is 3.43. The third-order valence-corrected chi connectivity index (χ3v) is 5.44. The van der Waals surface area contributed by atoms with Crippen molar-refractivity contribution < 1.29 is 0 Å². The Balaban J connectivity index is 2.24. The first-order valence-electron chi connectivity index (χ1n) is 6.88. The molecule has 2 atom stereocenters. The molecule has 0 saturated carbocycles. The van der Waals surface area contributed by atoms with E-state index in [0.717, 1.165) is 6.42 Å². The molecule has 18 heavy (non-hydrogen) atoms. The fraction of sp³-hybridized carbons (Fsp3) is 0.600. The summed E-state index contributed by atoms with van der Waals surface area (Å²) >= 11 is 2.05. The smallest absolute Gasteiger partial charge is 0.0604 e. The van der Waals surface area contributed by atoms with Gasteiger partial charge in [-0.15, -0.1) is 0 Å². The molecule has 3 heteroatoms. The van der Waals surface area contributed by atoms with Crippen molar-refractivity contribution in [2.45, 2.75) is 50.3 Å². The van der Waals surface area contributed by atoms with Crippen LogP contribution in [0.25, 0.3) is 0 Å². The van der Waals surface area contributed by atoms with Crippen LogP contribution >= 0.6 is 11.8 Å². The summed E-state index contributed by atoms with van der Waals surface area (Å²) in [7, 11) is 0. The highest BCUT2D eigenvalue weighted by molar-refractivity contribution is 8.00. The lowest BCUT2D eigenvalue weighted by Crippen LogP contribution is -2.41. The van der Waals surface area contributed by atoms with Gasteiger partial charge < -0.3 is 0 Å². The molecule has 2 nitrogen and oxygen atoms in total. The van der Waals surface area contributed by atoms with Crippen molar-refractivity contribution >= 4 is 11.8 Å². The van der Waals surface area contributed by atoms with Crippen LogP contribution in [0.5, 0.6) is 0 Å². The number of hydrogen-bond acceptors (Lipinski definition) is 3. The van der Waals surface area contributed by atoms with E-state index in [1.54, 1.807) is 0 Å². The zero-order chi connectivity index (χ0) is 13.0. The highest BCUT2D eigenvalue weighted by atomic mass is 32.2. The van der Waals surface area contributed by atoms with E-state index in [1.165, 1.54) is 36.1 Å². The van der Waals surface area contributed by atoms with Crippen LogP contribution in [-0.4, -0.2) is 10.5 Å². The van der Waals surface area contributed by atoms with Gasteiger partial charge in [0.1, 0.15) is 0 Å². The van der Waals surface area contributed by atoms with E-state index in [9.17, 15) is 0 Å². The zero-order valence-corrected chi connectivity index (χ0v) is 12.2. The molecule has 2 rings (SSSR count). The van der Waals surface area contributed by atoms with Crippen LogP contribution in [0.2, 0.25) is 0 Å².